The molecular formula is C19H20N4O2S. The smallest absolute Gasteiger partial charge is 0.238 e. The molecule has 4 rings (SSSR count). The molecular weight excluding hydrogens is 348 g/mol. The van der Waals surface area contributed by atoms with Crippen molar-refractivity contribution in [2.45, 2.75) is 36.2 Å². The summed E-state index contributed by atoms with van der Waals surface area (Å²) in [5.74, 6) is 1.55. The van der Waals surface area contributed by atoms with Crippen LogP contribution in [0.2, 0.25) is 0 Å². The molecule has 0 aliphatic heterocycles. The Labute approximate surface area is 156 Å². The maximum Gasteiger partial charge on any atom is 0.238 e. The van der Waals surface area contributed by atoms with Crippen molar-refractivity contribution in [1.29, 1.82) is 0 Å². The van der Waals surface area contributed by atoms with E-state index < -0.39 is 0 Å². The fourth-order valence-corrected chi connectivity index (χ4v) is 3.79. The summed E-state index contributed by atoms with van der Waals surface area (Å²) in [7, 11) is 1.91. The molecule has 1 unspecified atom stereocenters. The maximum atomic E-state index is 12.8. The van der Waals surface area contributed by atoms with E-state index in [2.05, 4.69) is 15.5 Å². The molecule has 1 atom stereocenters. The second-order valence-corrected chi connectivity index (χ2v) is 7.52. The van der Waals surface area contributed by atoms with Crippen LogP contribution in [0.4, 0.5) is 0 Å². The minimum atomic E-state index is -0.363. The number of hydrogen-bond donors (Lipinski definition) is 1. The molecule has 7 heteroatoms. The quantitative estimate of drug-likeness (QED) is 0.674. The Bertz CT molecular complexity index is 915. The molecule has 1 aromatic carbocycles. The molecule has 2 heterocycles. The van der Waals surface area contributed by atoms with Crippen LogP contribution in [0.15, 0.2) is 52.2 Å². The minimum Gasteiger partial charge on any atom is -0.469 e. The normalized spacial score (nSPS) is 15.0. The predicted molar refractivity (Wildman–Crippen MR) is 99.6 cm³/mol. The lowest BCUT2D eigenvalue weighted by Crippen LogP contribution is -2.29. The number of furan rings is 1. The number of carbonyl (C=O) groups is 1. The molecule has 1 amide bonds. The molecule has 0 bridgehead atoms. The summed E-state index contributed by atoms with van der Waals surface area (Å²) >= 11 is 1.42. The van der Waals surface area contributed by atoms with E-state index >= 15 is 0 Å². The molecule has 1 aliphatic rings. The number of aryl methyl sites for hydroxylation is 1. The lowest BCUT2D eigenvalue weighted by Gasteiger charge is -2.16. The van der Waals surface area contributed by atoms with Crippen molar-refractivity contribution in [3.63, 3.8) is 0 Å². The number of carbonyl (C=O) groups excluding carboxylic acids is 1. The SMILES string of the molecule is Cc1occc1-c1nnc(SC(C(=O)NC2CC2)c2ccccc2)n1C. The van der Waals surface area contributed by atoms with Gasteiger partial charge in [0.1, 0.15) is 11.0 Å². The topological polar surface area (TPSA) is 72.9 Å². The lowest BCUT2D eigenvalue weighted by atomic mass is 10.1. The van der Waals surface area contributed by atoms with Crippen LogP contribution < -0.4 is 5.32 Å². The first kappa shape index (κ1) is 16.9. The van der Waals surface area contributed by atoms with Gasteiger partial charge in [-0.1, -0.05) is 42.1 Å². The van der Waals surface area contributed by atoms with Crippen LogP contribution in [0.5, 0.6) is 0 Å². The van der Waals surface area contributed by atoms with Crippen molar-refractivity contribution in [3.8, 4) is 11.4 Å². The fourth-order valence-electron chi connectivity index (χ4n) is 2.78. The van der Waals surface area contributed by atoms with Crippen molar-refractivity contribution in [3.05, 3.63) is 54.0 Å². The predicted octanol–water partition coefficient (Wildman–Crippen LogP) is 3.50. The molecule has 0 saturated heterocycles. The number of aromatic nitrogens is 3. The Morgan fingerprint density at radius 1 is 1.27 bits per heavy atom. The fraction of sp³-hybridized carbons (Fsp3) is 0.316. The van der Waals surface area contributed by atoms with Gasteiger partial charge in [-0.25, -0.2) is 0 Å². The Kier molecular flexibility index (Phi) is 4.55. The average molecular weight is 368 g/mol. The summed E-state index contributed by atoms with van der Waals surface area (Å²) in [6, 6.07) is 12.0. The molecule has 1 aliphatic carbocycles. The summed E-state index contributed by atoms with van der Waals surface area (Å²) in [5, 5.41) is 12.0. The first-order valence-electron chi connectivity index (χ1n) is 8.59. The molecule has 1 N–H and O–H groups in total. The molecule has 26 heavy (non-hydrogen) atoms. The Morgan fingerprint density at radius 3 is 2.69 bits per heavy atom. The minimum absolute atomic E-state index is 0.0211. The average Bonchev–Trinajstić information content (AvgIpc) is 3.25. The highest BCUT2D eigenvalue weighted by Crippen LogP contribution is 2.36. The molecule has 134 valence electrons. The van der Waals surface area contributed by atoms with E-state index in [1.807, 2.05) is 54.9 Å². The molecule has 0 spiro atoms. The summed E-state index contributed by atoms with van der Waals surface area (Å²) in [6.45, 7) is 1.90. The summed E-state index contributed by atoms with van der Waals surface area (Å²) < 4.78 is 7.28. The zero-order valence-corrected chi connectivity index (χ0v) is 15.5. The van der Waals surface area contributed by atoms with E-state index in [-0.39, 0.29) is 11.2 Å². The van der Waals surface area contributed by atoms with Crippen molar-refractivity contribution in [2.24, 2.45) is 7.05 Å². The number of rotatable bonds is 6. The molecule has 1 saturated carbocycles. The van der Waals surface area contributed by atoms with Crippen molar-refractivity contribution >= 4 is 17.7 Å². The molecule has 0 radical (unpaired) electrons. The van der Waals surface area contributed by atoms with Gasteiger partial charge >= 0.3 is 0 Å². The van der Waals surface area contributed by atoms with Crippen LogP contribution in [-0.2, 0) is 11.8 Å². The van der Waals surface area contributed by atoms with E-state index in [4.69, 9.17) is 4.42 Å². The van der Waals surface area contributed by atoms with E-state index in [9.17, 15) is 4.79 Å². The third kappa shape index (κ3) is 3.39. The monoisotopic (exact) mass is 368 g/mol. The van der Waals surface area contributed by atoms with Crippen molar-refractivity contribution < 1.29 is 9.21 Å². The second-order valence-electron chi connectivity index (χ2n) is 6.45. The van der Waals surface area contributed by atoms with Gasteiger partial charge in [0.15, 0.2) is 11.0 Å². The third-order valence-corrected chi connectivity index (χ3v) is 5.71. The number of hydrogen-bond acceptors (Lipinski definition) is 5. The van der Waals surface area contributed by atoms with Gasteiger partial charge in [-0.2, -0.15) is 0 Å². The van der Waals surface area contributed by atoms with Crippen molar-refractivity contribution in [2.75, 3.05) is 0 Å². The number of amides is 1. The summed E-state index contributed by atoms with van der Waals surface area (Å²) in [6.07, 6.45) is 3.76. The van der Waals surface area contributed by atoms with Gasteiger partial charge in [0.2, 0.25) is 5.91 Å². The Hall–Kier alpha value is -2.54. The van der Waals surface area contributed by atoms with Crippen LogP contribution >= 0.6 is 11.8 Å². The first-order chi connectivity index (χ1) is 12.6. The van der Waals surface area contributed by atoms with Crippen LogP contribution in [0, 0.1) is 6.92 Å². The van der Waals surface area contributed by atoms with Gasteiger partial charge in [-0.05, 0) is 31.4 Å². The zero-order valence-electron chi connectivity index (χ0n) is 14.7. The maximum absolute atomic E-state index is 12.8. The highest BCUT2D eigenvalue weighted by atomic mass is 32.2. The largest absolute Gasteiger partial charge is 0.469 e. The number of nitrogens with zero attached hydrogens (tertiary/aromatic N) is 3. The zero-order chi connectivity index (χ0) is 18.1. The van der Waals surface area contributed by atoms with E-state index in [1.165, 1.54) is 11.8 Å². The van der Waals surface area contributed by atoms with Gasteiger partial charge in [0.25, 0.3) is 0 Å². The number of thioether (sulfide) groups is 1. The Balaban J connectivity index is 1.62. The van der Waals surface area contributed by atoms with Gasteiger partial charge in [0.05, 0.1) is 11.8 Å². The lowest BCUT2D eigenvalue weighted by molar-refractivity contribution is -0.120. The number of benzene rings is 1. The molecule has 6 nitrogen and oxygen atoms in total. The summed E-state index contributed by atoms with van der Waals surface area (Å²) in [5.41, 5.74) is 1.87. The van der Waals surface area contributed by atoms with E-state index in [0.29, 0.717) is 11.2 Å². The third-order valence-electron chi connectivity index (χ3n) is 4.42. The van der Waals surface area contributed by atoms with Gasteiger partial charge < -0.3 is 14.3 Å². The van der Waals surface area contributed by atoms with Gasteiger partial charge in [-0.3, -0.25) is 4.79 Å². The molecule has 2 aromatic heterocycles. The van der Waals surface area contributed by atoms with Gasteiger partial charge in [-0.15, -0.1) is 10.2 Å². The first-order valence-corrected chi connectivity index (χ1v) is 9.47. The van der Waals surface area contributed by atoms with Crippen LogP contribution in [-0.4, -0.2) is 26.7 Å². The van der Waals surface area contributed by atoms with Crippen LogP contribution in [0.25, 0.3) is 11.4 Å². The van der Waals surface area contributed by atoms with Crippen LogP contribution in [0.1, 0.15) is 29.4 Å². The van der Waals surface area contributed by atoms with E-state index in [0.717, 1.165) is 35.6 Å². The standard InChI is InChI=1S/C19H20N4O2S/c1-12-15(10-11-25-12)17-21-22-19(23(17)2)26-16(13-6-4-3-5-7-13)18(24)20-14-8-9-14/h3-7,10-11,14,16H,8-9H2,1-2H3,(H,20,24). The molecule has 3 aromatic rings. The van der Waals surface area contributed by atoms with Gasteiger partial charge in [0, 0.05) is 13.1 Å². The number of nitrogens with one attached hydrogen (secondary N) is 1. The molecule has 1 fully saturated rings. The highest BCUT2D eigenvalue weighted by Gasteiger charge is 2.30. The highest BCUT2D eigenvalue weighted by molar-refractivity contribution is 8.00. The summed E-state index contributed by atoms with van der Waals surface area (Å²) in [4.78, 5) is 12.8. The Morgan fingerprint density at radius 2 is 2.04 bits per heavy atom. The van der Waals surface area contributed by atoms with Crippen LogP contribution in [0.3, 0.4) is 0 Å². The van der Waals surface area contributed by atoms with Crippen molar-refractivity contribution in [1.82, 2.24) is 20.1 Å². The van der Waals surface area contributed by atoms with E-state index in [1.54, 1.807) is 6.26 Å². The second kappa shape index (κ2) is 6.99.